The van der Waals surface area contributed by atoms with Gasteiger partial charge in [-0.05, 0) is 29.8 Å². The summed E-state index contributed by atoms with van der Waals surface area (Å²) in [5.74, 6) is -2.00. The van der Waals surface area contributed by atoms with E-state index in [1.807, 2.05) is 0 Å². The Bertz CT molecular complexity index is 806. The Morgan fingerprint density at radius 2 is 1.72 bits per heavy atom. The van der Waals surface area contributed by atoms with Crippen molar-refractivity contribution in [1.82, 2.24) is 5.32 Å². The Labute approximate surface area is 141 Å². The second-order valence-electron chi connectivity index (χ2n) is 5.29. The Kier molecular flexibility index (Phi) is 4.78. The molecule has 0 saturated heterocycles. The molecule has 1 aliphatic rings. The van der Waals surface area contributed by atoms with Gasteiger partial charge in [0.25, 0.3) is 0 Å². The van der Waals surface area contributed by atoms with E-state index in [1.54, 1.807) is 18.2 Å². The third-order valence-corrected chi connectivity index (χ3v) is 3.47. The van der Waals surface area contributed by atoms with Crippen molar-refractivity contribution in [3.05, 3.63) is 53.6 Å². The molecule has 0 spiro atoms. The van der Waals surface area contributed by atoms with Crippen molar-refractivity contribution < 1.29 is 27.8 Å². The molecule has 3 rings (SSSR count). The molecule has 0 aromatic heterocycles. The molecule has 2 aromatic carbocycles. The van der Waals surface area contributed by atoms with E-state index in [9.17, 15) is 18.4 Å². The number of ether oxygens (including phenoxy) is 2. The first-order chi connectivity index (χ1) is 12.0. The van der Waals surface area contributed by atoms with Crippen molar-refractivity contribution in [2.75, 3.05) is 12.1 Å². The number of nitrogens with one attached hydrogen (secondary N) is 2. The van der Waals surface area contributed by atoms with Gasteiger partial charge in [0.05, 0.1) is 0 Å². The smallest absolute Gasteiger partial charge is 0.233 e. The van der Waals surface area contributed by atoms with Gasteiger partial charge in [-0.2, -0.15) is 0 Å². The second kappa shape index (κ2) is 7.16. The monoisotopic (exact) mass is 348 g/mol. The van der Waals surface area contributed by atoms with Crippen LogP contribution in [0.1, 0.15) is 12.0 Å². The van der Waals surface area contributed by atoms with Crippen LogP contribution >= 0.6 is 0 Å². The van der Waals surface area contributed by atoms with Crippen LogP contribution in [0.3, 0.4) is 0 Å². The maximum Gasteiger partial charge on any atom is 0.233 e. The maximum atomic E-state index is 13.4. The first-order valence-corrected chi connectivity index (χ1v) is 7.42. The zero-order valence-electron chi connectivity index (χ0n) is 13.0. The van der Waals surface area contributed by atoms with Crippen molar-refractivity contribution in [3.63, 3.8) is 0 Å². The molecule has 6 nitrogen and oxygen atoms in total. The van der Waals surface area contributed by atoms with Gasteiger partial charge in [-0.3, -0.25) is 9.59 Å². The maximum absolute atomic E-state index is 13.4. The van der Waals surface area contributed by atoms with E-state index in [-0.39, 0.29) is 13.3 Å². The van der Waals surface area contributed by atoms with Gasteiger partial charge in [0.2, 0.25) is 18.6 Å². The van der Waals surface area contributed by atoms with Crippen molar-refractivity contribution >= 4 is 17.5 Å². The molecule has 0 fully saturated rings. The summed E-state index contributed by atoms with van der Waals surface area (Å²) < 4.78 is 37.3. The third-order valence-electron chi connectivity index (χ3n) is 3.47. The molecule has 0 bridgehead atoms. The lowest BCUT2D eigenvalue weighted by Crippen LogP contribution is -2.28. The molecule has 25 heavy (non-hydrogen) atoms. The summed E-state index contributed by atoms with van der Waals surface area (Å²) in [6.07, 6.45) is -0.557. The third kappa shape index (κ3) is 4.03. The molecule has 2 amide bonds. The normalized spacial score (nSPS) is 11.9. The van der Waals surface area contributed by atoms with E-state index in [4.69, 9.17) is 9.47 Å². The van der Waals surface area contributed by atoms with Crippen molar-refractivity contribution in [2.24, 2.45) is 0 Å². The number of para-hydroxylation sites is 1. The average molecular weight is 348 g/mol. The van der Waals surface area contributed by atoms with Gasteiger partial charge in [-0.1, -0.05) is 12.1 Å². The van der Waals surface area contributed by atoms with E-state index in [1.165, 1.54) is 6.07 Å². The summed E-state index contributed by atoms with van der Waals surface area (Å²) in [5.41, 5.74) is 0.189. The molecule has 0 atom stereocenters. The lowest BCUT2D eigenvalue weighted by Gasteiger charge is -2.08. The Balaban J connectivity index is 1.51. The number of hydrogen-bond donors (Lipinski definition) is 2. The van der Waals surface area contributed by atoms with Gasteiger partial charge in [0.1, 0.15) is 23.7 Å². The number of halogens is 2. The number of hydrogen-bond acceptors (Lipinski definition) is 4. The van der Waals surface area contributed by atoms with Crippen molar-refractivity contribution in [1.29, 1.82) is 0 Å². The molecule has 0 aliphatic carbocycles. The van der Waals surface area contributed by atoms with Crippen LogP contribution in [0.2, 0.25) is 0 Å². The van der Waals surface area contributed by atoms with Crippen LogP contribution in [0, 0.1) is 11.6 Å². The zero-order valence-corrected chi connectivity index (χ0v) is 13.0. The number of rotatable bonds is 5. The topological polar surface area (TPSA) is 76.7 Å². The molecule has 8 heteroatoms. The summed E-state index contributed by atoms with van der Waals surface area (Å²) in [6.45, 7) is 0.328. The highest BCUT2D eigenvalue weighted by molar-refractivity contribution is 6.03. The number of benzene rings is 2. The minimum absolute atomic E-state index is 0.151. The van der Waals surface area contributed by atoms with Gasteiger partial charge in [0.15, 0.2) is 11.5 Å². The first-order valence-electron chi connectivity index (χ1n) is 7.42. The fourth-order valence-electron chi connectivity index (χ4n) is 2.26. The minimum atomic E-state index is -0.908. The summed E-state index contributed by atoms with van der Waals surface area (Å²) in [5, 5.41) is 4.61. The number of amides is 2. The predicted molar refractivity (Wildman–Crippen MR) is 84.0 cm³/mol. The molecule has 2 aromatic rings. The van der Waals surface area contributed by atoms with Crippen molar-refractivity contribution in [3.8, 4) is 11.5 Å². The molecule has 1 aliphatic heterocycles. The lowest BCUT2D eigenvalue weighted by molar-refractivity contribution is -0.126. The van der Waals surface area contributed by atoms with Crippen LogP contribution in [-0.4, -0.2) is 18.6 Å². The highest BCUT2D eigenvalue weighted by Crippen LogP contribution is 2.32. The number of fused-ring (bicyclic) bond motifs is 1. The van der Waals surface area contributed by atoms with Crippen LogP contribution in [0.25, 0.3) is 0 Å². The number of carbonyl (C=O) groups excluding carboxylic acids is 2. The predicted octanol–water partition coefficient (Wildman–Crippen LogP) is 2.34. The molecule has 0 radical (unpaired) electrons. The highest BCUT2D eigenvalue weighted by Gasteiger charge is 2.16. The van der Waals surface area contributed by atoms with Gasteiger partial charge in [0, 0.05) is 6.54 Å². The summed E-state index contributed by atoms with van der Waals surface area (Å²) in [7, 11) is 0. The SMILES string of the molecule is O=C(CC(=O)Nc1c(F)cccc1F)NCc1ccc2c(c1)OCO2. The van der Waals surface area contributed by atoms with Crippen LogP contribution in [-0.2, 0) is 16.1 Å². The summed E-state index contributed by atoms with van der Waals surface area (Å²) >= 11 is 0. The number of anilines is 1. The van der Waals surface area contributed by atoms with E-state index >= 15 is 0 Å². The molecular formula is C17H14F2N2O4. The quantitative estimate of drug-likeness (QED) is 0.813. The molecule has 0 unspecified atom stereocenters. The van der Waals surface area contributed by atoms with E-state index in [2.05, 4.69) is 10.6 Å². The molecule has 2 N–H and O–H groups in total. The fourth-order valence-corrected chi connectivity index (χ4v) is 2.26. The molecular weight excluding hydrogens is 334 g/mol. The summed E-state index contributed by atoms with van der Waals surface area (Å²) in [4.78, 5) is 23.6. The molecule has 0 saturated carbocycles. The van der Waals surface area contributed by atoms with Crippen LogP contribution < -0.4 is 20.1 Å². The largest absolute Gasteiger partial charge is 0.454 e. The second-order valence-corrected chi connectivity index (χ2v) is 5.29. The number of carbonyl (C=O) groups is 2. The molecule has 130 valence electrons. The van der Waals surface area contributed by atoms with Crippen molar-refractivity contribution in [2.45, 2.75) is 13.0 Å². The van der Waals surface area contributed by atoms with Crippen LogP contribution in [0.15, 0.2) is 36.4 Å². The van der Waals surface area contributed by atoms with Gasteiger partial charge in [-0.25, -0.2) is 8.78 Å². The summed E-state index contributed by atoms with van der Waals surface area (Å²) in [6, 6.07) is 8.40. The standard InChI is InChI=1S/C17H14F2N2O4/c18-11-2-1-3-12(19)17(11)21-16(23)7-15(22)20-8-10-4-5-13-14(6-10)25-9-24-13/h1-6H,7-9H2,(H,20,22)(H,21,23). The van der Waals surface area contributed by atoms with Gasteiger partial charge in [-0.15, -0.1) is 0 Å². The molecule has 1 heterocycles. The van der Waals surface area contributed by atoms with E-state index < -0.39 is 35.6 Å². The van der Waals surface area contributed by atoms with E-state index in [0.29, 0.717) is 11.5 Å². The Morgan fingerprint density at radius 3 is 2.48 bits per heavy atom. The Morgan fingerprint density at radius 1 is 1.00 bits per heavy atom. The van der Waals surface area contributed by atoms with Crippen LogP contribution in [0.4, 0.5) is 14.5 Å². The first kappa shape index (κ1) is 16.7. The minimum Gasteiger partial charge on any atom is -0.454 e. The van der Waals surface area contributed by atoms with Gasteiger partial charge < -0.3 is 20.1 Å². The fraction of sp³-hybridized carbons (Fsp3) is 0.176. The lowest BCUT2D eigenvalue weighted by atomic mass is 10.2. The Hall–Kier alpha value is -3.16. The zero-order chi connectivity index (χ0) is 17.8. The average Bonchev–Trinajstić information content (AvgIpc) is 3.04. The van der Waals surface area contributed by atoms with Gasteiger partial charge >= 0.3 is 0 Å². The van der Waals surface area contributed by atoms with Crippen LogP contribution in [0.5, 0.6) is 11.5 Å². The highest BCUT2D eigenvalue weighted by atomic mass is 19.1. The van der Waals surface area contributed by atoms with E-state index in [0.717, 1.165) is 17.7 Å².